The Hall–Kier alpha value is 0.0238. The van der Waals surface area contributed by atoms with Crippen molar-refractivity contribution in [1.29, 1.82) is 0 Å². The number of rotatable bonds is 8. The molecule has 0 saturated carbocycles. The van der Waals surface area contributed by atoms with Gasteiger partial charge in [-0.05, 0) is 83.4 Å². The average Bonchev–Trinajstić information content (AvgIpc) is 2.82. The Labute approximate surface area is 257 Å². The molecule has 1 aromatic carbocycles. The van der Waals surface area contributed by atoms with Crippen LogP contribution < -0.4 is 26.6 Å². The molecule has 3 fully saturated rings. The molecular formula is C32H60N4OP2Si2. The van der Waals surface area contributed by atoms with Crippen LogP contribution in [-0.2, 0) is 22.0 Å². The fraction of sp³-hybridized carbons (Fsp3) is 0.781. The fourth-order valence-corrected chi connectivity index (χ4v) is 16.0. The quantitative estimate of drug-likeness (QED) is 0.227. The van der Waals surface area contributed by atoms with Crippen LogP contribution in [0.15, 0.2) is 12.1 Å². The Balaban J connectivity index is 2.05. The number of hydrogen-bond donors (Lipinski definition) is 4. The van der Waals surface area contributed by atoms with Crippen molar-refractivity contribution in [2.45, 2.75) is 133 Å². The summed E-state index contributed by atoms with van der Waals surface area (Å²) in [6, 6.07) is 7.79. The molecule has 3 saturated heterocycles. The summed E-state index contributed by atoms with van der Waals surface area (Å²) in [7, 11) is 0.0271. The normalized spacial score (nSPS) is 23.6. The van der Waals surface area contributed by atoms with Crippen LogP contribution in [-0.4, -0.2) is 70.8 Å². The minimum Gasteiger partial charge on any atom is -0.301 e. The molecule has 0 aliphatic carbocycles. The number of nitrogens with one attached hydrogen (secondary N) is 4. The highest BCUT2D eigenvalue weighted by atomic mass is 31.1. The molecular weight excluding hydrogens is 574 g/mol. The van der Waals surface area contributed by atoms with Crippen molar-refractivity contribution in [3.8, 4) is 0 Å². The molecule has 1 atom stereocenters. The molecule has 0 amide bonds. The lowest BCUT2D eigenvalue weighted by atomic mass is 9.87. The van der Waals surface area contributed by atoms with Gasteiger partial charge in [0.1, 0.15) is 5.78 Å². The van der Waals surface area contributed by atoms with Crippen LogP contribution >= 0.6 is 17.2 Å². The van der Waals surface area contributed by atoms with Gasteiger partial charge in [0.2, 0.25) is 0 Å². The summed E-state index contributed by atoms with van der Waals surface area (Å²) < 4.78 is 0. The molecule has 4 rings (SSSR count). The summed E-state index contributed by atoms with van der Waals surface area (Å²) in [6.45, 7) is 28.8. The average molecular weight is 635 g/mol. The van der Waals surface area contributed by atoms with Gasteiger partial charge in [-0.3, -0.25) is 4.79 Å². The number of carbonyl (C=O) groups is 1. The molecule has 4 N–H and O–H groups in total. The number of ketones is 1. The summed E-state index contributed by atoms with van der Waals surface area (Å²) in [5, 5.41) is 16.8. The van der Waals surface area contributed by atoms with E-state index < -0.39 is 24.1 Å². The lowest BCUT2D eigenvalue weighted by Crippen LogP contribution is -2.69. The maximum absolute atomic E-state index is 13.1. The topological polar surface area (TPSA) is 65.2 Å². The number of hydrogen-bond acceptors (Lipinski definition) is 5. The first kappa shape index (κ1) is 33.9. The SMILES string of the molecule is CC1(C)CC(=O)CC(C)(C)P1c1cc(C[Si](C)(C)C)c(C[Si](C)(C)C)cc1C(P)(C1NCCCN1)C1NCCCN1. The number of benzene rings is 1. The van der Waals surface area contributed by atoms with Gasteiger partial charge in [-0.25, -0.2) is 0 Å². The van der Waals surface area contributed by atoms with Crippen molar-refractivity contribution in [2.24, 2.45) is 0 Å². The third-order valence-corrected chi connectivity index (χ3v) is 16.4. The van der Waals surface area contributed by atoms with Crippen LogP contribution in [0.25, 0.3) is 0 Å². The number of Topliss-reactive ketones (excluding diaryl/α,β-unsaturated/α-hetero) is 1. The molecule has 0 bridgehead atoms. The summed E-state index contributed by atoms with van der Waals surface area (Å²) in [5.41, 5.74) is 4.66. The zero-order valence-corrected chi connectivity index (χ0v) is 31.9. The molecule has 3 aliphatic rings. The minimum absolute atomic E-state index is 0.0495. The summed E-state index contributed by atoms with van der Waals surface area (Å²) in [6.07, 6.45) is 3.95. The van der Waals surface area contributed by atoms with Gasteiger partial charge in [-0.15, -0.1) is 9.24 Å². The van der Waals surface area contributed by atoms with E-state index in [1.54, 1.807) is 16.4 Å². The van der Waals surface area contributed by atoms with Crippen molar-refractivity contribution >= 4 is 44.4 Å². The predicted molar refractivity (Wildman–Crippen MR) is 190 cm³/mol. The van der Waals surface area contributed by atoms with E-state index in [2.05, 4.69) is 110 Å². The highest BCUT2D eigenvalue weighted by molar-refractivity contribution is 7.69. The zero-order chi connectivity index (χ0) is 30.4. The molecule has 1 aromatic rings. The Morgan fingerprint density at radius 2 is 1.17 bits per heavy atom. The van der Waals surface area contributed by atoms with Crippen molar-refractivity contribution in [1.82, 2.24) is 21.3 Å². The highest BCUT2D eigenvalue weighted by Gasteiger charge is 2.52. The predicted octanol–water partition coefficient (Wildman–Crippen LogP) is 5.44. The number of carbonyl (C=O) groups excluding carboxylic acids is 1. The van der Waals surface area contributed by atoms with Crippen LogP contribution in [0, 0.1) is 0 Å². The van der Waals surface area contributed by atoms with E-state index in [1.807, 2.05) is 0 Å². The van der Waals surface area contributed by atoms with Crippen molar-refractivity contribution in [3.63, 3.8) is 0 Å². The van der Waals surface area contributed by atoms with Crippen LogP contribution in [0.3, 0.4) is 0 Å². The smallest absolute Gasteiger partial charge is 0.134 e. The van der Waals surface area contributed by atoms with Gasteiger partial charge in [-0.1, -0.05) is 87.0 Å². The third-order valence-electron chi connectivity index (χ3n) is 8.99. The summed E-state index contributed by atoms with van der Waals surface area (Å²) >= 11 is 0. The standard InChI is InChI=1S/C32H60N4OP2Si2/c1-30(2)19-25(37)20-31(3,4)39(30)27-18-24(22-41(8,9)10)23(21-40(5,6)7)17-26(27)32(38,28-33-13-11-14-34-28)29-35-15-12-16-36-29/h17-18,28-29,33-36H,11-16,19-22,38H2,1-10H3. The Kier molecular flexibility index (Phi) is 10.3. The zero-order valence-electron chi connectivity index (χ0n) is 27.8. The van der Waals surface area contributed by atoms with E-state index in [9.17, 15) is 4.79 Å². The molecule has 9 heteroatoms. The fourth-order valence-electron chi connectivity index (χ4n) is 7.80. The van der Waals surface area contributed by atoms with Gasteiger partial charge in [0, 0.05) is 29.0 Å². The van der Waals surface area contributed by atoms with Crippen LogP contribution in [0.5, 0.6) is 0 Å². The molecule has 0 spiro atoms. The van der Waals surface area contributed by atoms with Crippen LogP contribution in [0.4, 0.5) is 0 Å². The van der Waals surface area contributed by atoms with E-state index >= 15 is 0 Å². The van der Waals surface area contributed by atoms with Crippen LogP contribution in [0.1, 0.15) is 70.1 Å². The van der Waals surface area contributed by atoms with Crippen molar-refractivity contribution in [3.05, 3.63) is 28.8 Å². The van der Waals surface area contributed by atoms with Crippen LogP contribution in [0.2, 0.25) is 39.3 Å². The van der Waals surface area contributed by atoms with Gasteiger partial charge in [0.05, 0.1) is 17.5 Å². The van der Waals surface area contributed by atoms with Crippen molar-refractivity contribution in [2.75, 3.05) is 26.2 Å². The largest absolute Gasteiger partial charge is 0.301 e. The third kappa shape index (κ3) is 7.82. The van der Waals surface area contributed by atoms with E-state index in [1.165, 1.54) is 17.7 Å². The summed E-state index contributed by atoms with van der Waals surface area (Å²) in [5.74, 6) is 0.432. The first-order valence-corrected chi connectivity index (χ1v) is 25.4. The Morgan fingerprint density at radius 1 is 0.780 bits per heavy atom. The van der Waals surface area contributed by atoms with Gasteiger partial charge < -0.3 is 21.3 Å². The molecule has 232 valence electrons. The molecule has 3 aliphatic heterocycles. The van der Waals surface area contributed by atoms with E-state index in [4.69, 9.17) is 0 Å². The molecule has 0 aromatic heterocycles. The van der Waals surface area contributed by atoms with Gasteiger partial charge in [0.25, 0.3) is 0 Å². The van der Waals surface area contributed by atoms with Gasteiger partial charge >= 0.3 is 0 Å². The maximum atomic E-state index is 13.1. The molecule has 41 heavy (non-hydrogen) atoms. The first-order valence-electron chi connectivity index (χ1n) is 16.0. The Morgan fingerprint density at radius 3 is 1.56 bits per heavy atom. The summed E-state index contributed by atoms with van der Waals surface area (Å²) in [4.78, 5) is 13.1. The van der Waals surface area contributed by atoms with Gasteiger partial charge in [0.15, 0.2) is 0 Å². The van der Waals surface area contributed by atoms with E-state index in [0.29, 0.717) is 18.6 Å². The second-order valence-electron chi connectivity index (χ2n) is 16.8. The highest BCUT2D eigenvalue weighted by Crippen LogP contribution is 2.65. The Bertz CT molecular complexity index is 1060. The second kappa shape index (κ2) is 12.4. The molecule has 3 heterocycles. The van der Waals surface area contributed by atoms with E-state index in [-0.39, 0.29) is 27.8 Å². The lowest BCUT2D eigenvalue weighted by molar-refractivity contribution is -0.120. The lowest BCUT2D eigenvalue weighted by Gasteiger charge is -2.53. The van der Waals surface area contributed by atoms with E-state index in [0.717, 1.165) is 39.0 Å². The first-order chi connectivity index (χ1) is 18.8. The minimum atomic E-state index is -1.38. The monoisotopic (exact) mass is 634 g/mol. The maximum Gasteiger partial charge on any atom is 0.134 e. The second-order valence-corrected chi connectivity index (χ2v) is 32.3. The molecule has 5 nitrogen and oxygen atoms in total. The van der Waals surface area contributed by atoms with Gasteiger partial charge in [-0.2, -0.15) is 0 Å². The molecule has 0 radical (unpaired) electrons. The van der Waals surface area contributed by atoms with Crippen molar-refractivity contribution < 1.29 is 4.79 Å². The molecule has 1 unspecified atom stereocenters.